The zero-order valence-electron chi connectivity index (χ0n) is 18.0. The molecule has 0 aliphatic carbocycles. The van der Waals surface area contributed by atoms with Gasteiger partial charge in [0.05, 0.1) is 17.9 Å². The van der Waals surface area contributed by atoms with Gasteiger partial charge in [-0.05, 0) is 44.4 Å². The lowest BCUT2D eigenvalue weighted by molar-refractivity contribution is -0.121. The predicted molar refractivity (Wildman–Crippen MR) is 118 cm³/mol. The van der Waals surface area contributed by atoms with Crippen LogP contribution in [-0.4, -0.2) is 23.1 Å². The van der Waals surface area contributed by atoms with E-state index in [0.717, 1.165) is 28.1 Å². The quantitative estimate of drug-likeness (QED) is 0.587. The molecule has 5 heteroatoms. The van der Waals surface area contributed by atoms with Crippen molar-refractivity contribution >= 4 is 11.9 Å². The van der Waals surface area contributed by atoms with E-state index >= 15 is 0 Å². The zero-order valence-corrected chi connectivity index (χ0v) is 18.0. The summed E-state index contributed by atoms with van der Waals surface area (Å²) >= 11 is 0. The SMILES string of the molecule is CCOC(=O)c1c(C)c(-c2ccccc2)n(CC(=O)NCc2ccc(C)cc2)c1C. The number of hydrogen-bond donors (Lipinski definition) is 1. The highest BCUT2D eigenvalue weighted by Gasteiger charge is 2.25. The molecule has 0 radical (unpaired) electrons. The smallest absolute Gasteiger partial charge is 0.340 e. The average molecular weight is 405 g/mol. The molecule has 0 aliphatic rings. The first-order chi connectivity index (χ1) is 14.4. The van der Waals surface area contributed by atoms with Gasteiger partial charge in [0.25, 0.3) is 0 Å². The zero-order chi connectivity index (χ0) is 21.7. The number of amides is 1. The van der Waals surface area contributed by atoms with Gasteiger partial charge in [-0.2, -0.15) is 0 Å². The third kappa shape index (κ3) is 4.62. The van der Waals surface area contributed by atoms with Crippen molar-refractivity contribution in [3.05, 3.63) is 82.5 Å². The van der Waals surface area contributed by atoms with E-state index in [1.54, 1.807) is 6.92 Å². The third-order valence-electron chi connectivity index (χ3n) is 5.21. The van der Waals surface area contributed by atoms with E-state index in [4.69, 9.17) is 4.74 Å². The molecule has 2 aromatic carbocycles. The van der Waals surface area contributed by atoms with Crippen LogP contribution in [0.15, 0.2) is 54.6 Å². The van der Waals surface area contributed by atoms with E-state index in [0.29, 0.717) is 18.7 Å². The van der Waals surface area contributed by atoms with Crippen LogP contribution >= 0.6 is 0 Å². The molecule has 3 rings (SSSR count). The predicted octanol–water partition coefficient (Wildman–Crippen LogP) is 4.57. The number of carbonyl (C=O) groups is 2. The van der Waals surface area contributed by atoms with Crippen LogP contribution in [0.4, 0.5) is 0 Å². The van der Waals surface area contributed by atoms with Crippen LogP contribution < -0.4 is 5.32 Å². The Hall–Kier alpha value is -3.34. The van der Waals surface area contributed by atoms with Crippen molar-refractivity contribution in [3.8, 4) is 11.3 Å². The van der Waals surface area contributed by atoms with E-state index in [1.807, 2.05) is 79.9 Å². The van der Waals surface area contributed by atoms with Gasteiger partial charge >= 0.3 is 5.97 Å². The molecule has 0 fully saturated rings. The molecule has 0 atom stereocenters. The third-order valence-corrected chi connectivity index (χ3v) is 5.21. The van der Waals surface area contributed by atoms with Crippen LogP contribution in [0.2, 0.25) is 0 Å². The van der Waals surface area contributed by atoms with Crippen molar-refractivity contribution in [1.29, 1.82) is 0 Å². The molecule has 1 N–H and O–H groups in total. The molecule has 0 unspecified atom stereocenters. The second kappa shape index (κ2) is 9.44. The normalized spacial score (nSPS) is 10.7. The molecule has 156 valence electrons. The standard InChI is InChI=1S/C25H28N2O3/c1-5-30-25(29)23-18(3)24(21-9-7-6-8-10-21)27(19(23)4)16-22(28)26-15-20-13-11-17(2)12-14-20/h6-14H,5,15-16H2,1-4H3,(H,26,28). The lowest BCUT2D eigenvalue weighted by Crippen LogP contribution is -2.28. The summed E-state index contributed by atoms with van der Waals surface area (Å²) in [5.41, 5.74) is 6.13. The number of rotatable bonds is 7. The second-order valence-electron chi connectivity index (χ2n) is 7.37. The van der Waals surface area contributed by atoms with Gasteiger partial charge in [-0.1, -0.05) is 60.2 Å². The number of benzene rings is 2. The number of aryl methyl sites for hydroxylation is 1. The highest BCUT2D eigenvalue weighted by atomic mass is 16.5. The van der Waals surface area contributed by atoms with Crippen LogP contribution in [0.3, 0.4) is 0 Å². The Morgan fingerprint density at radius 3 is 2.27 bits per heavy atom. The molecule has 0 aliphatic heterocycles. The van der Waals surface area contributed by atoms with Gasteiger partial charge in [-0.3, -0.25) is 4.79 Å². The van der Waals surface area contributed by atoms with Crippen molar-refractivity contribution in [2.24, 2.45) is 0 Å². The van der Waals surface area contributed by atoms with E-state index < -0.39 is 0 Å². The lowest BCUT2D eigenvalue weighted by atomic mass is 10.1. The topological polar surface area (TPSA) is 60.3 Å². The van der Waals surface area contributed by atoms with E-state index in [2.05, 4.69) is 5.32 Å². The maximum absolute atomic E-state index is 12.8. The summed E-state index contributed by atoms with van der Waals surface area (Å²) < 4.78 is 7.17. The highest BCUT2D eigenvalue weighted by molar-refractivity contribution is 5.95. The first-order valence-electron chi connectivity index (χ1n) is 10.2. The molecular formula is C25H28N2O3. The first kappa shape index (κ1) is 21.4. The monoisotopic (exact) mass is 404 g/mol. The highest BCUT2D eigenvalue weighted by Crippen LogP contribution is 2.31. The number of nitrogens with one attached hydrogen (secondary N) is 1. The van der Waals surface area contributed by atoms with Gasteiger partial charge in [0.1, 0.15) is 6.54 Å². The Bertz CT molecular complexity index is 1030. The molecule has 30 heavy (non-hydrogen) atoms. The van der Waals surface area contributed by atoms with Crippen LogP contribution in [0.25, 0.3) is 11.3 Å². The maximum Gasteiger partial charge on any atom is 0.340 e. The molecule has 3 aromatic rings. The van der Waals surface area contributed by atoms with Gasteiger partial charge in [-0.15, -0.1) is 0 Å². The van der Waals surface area contributed by atoms with E-state index in [-0.39, 0.29) is 18.4 Å². The Morgan fingerprint density at radius 2 is 1.63 bits per heavy atom. The van der Waals surface area contributed by atoms with E-state index in [9.17, 15) is 9.59 Å². The first-order valence-corrected chi connectivity index (χ1v) is 10.2. The summed E-state index contributed by atoms with van der Waals surface area (Å²) in [6.45, 7) is 8.48. The fraction of sp³-hybridized carbons (Fsp3) is 0.280. The average Bonchev–Trinajstić information content (AvgIpc) is 2.98. The van der Waals surface area contributed by atoms with Crippen molar-refractivity contribution in [3.63, 3.8) is 0 Å². The van der Waals surface area contributed by atoms with Gasteiger partial charge in [-0.25, -0.2) is 4.79 Å². The number of nitrogens with zero attached hydrogens (tertiary/aromatic N) is 1. The van der Waals surface area contributed by atoms with E-state index in [1.165, 1.54) is 5.56 Å². The van der Waals surface area contributed by atoms with Crippen LogP contribution in [0, 0.1) is 20.8 Å². The molecule has 0 spiro atoms. The summed E-state index contributed by atoms with van der Waals surface area (Å²) in [6, 6.07) is 17.9. The van der Waals surface area contributed by atoms with Gasteiger partial charge in [0, 0.05) is 12.2 Å². The minimum atomic E-state index is -0.358. The number of carbonyl (C=O) groups excluding carboxylic acids is 2. The number of ether oxygens (including phenoxy) is 1. The molecule has 0 saturated heterocycles. The molecular weight excluding hydrogens is 376 g/mol. The van der Waals surface area contributed by atoms with Crippen molar-refractivity contribution in [2.75, 3.05) is 6.61 Å². The van der Waals surface area contributed by atoms with Crippen LogP contribution in [-0.2, 0) is 22.6 Å². The van der Waals surface area contributed by atoms with Crippen LogP contribution in [0.1, 0.15) is 39.7 Å². The van der Waals surface area contributed by atoms with Gasteiger partial charge < -0.3 is 14.6 Å². The Balaban J connectivity index is 1.90. The van der Waals surface area contributed by atoms with Crippen molar-refractivity contribution in [1.82, 2.24) is 9.88 Å². The minimum absolute atomic E-state index is 0.110. The molecule has 0 bridgehead atoms. The fourth-order valence-corrected chi connectivity index (χ4v) is 3.67. The van der Waals surface area contributed by atoms with Gasteiger partial charge in [0.2, 0.25) is 5.91 Å². The van der Waals surface area contributed by atoms with Crippen molar-refractivity contribution < 1.29 is 14.3 Å². The van der Waals surface area contributed by atoms with Gasteiger partial charge in [0.15, 0.2) is 0 Å². The minimum Gasteiger partial charge on any atom is -0.462 e. The molecule has 5 nitrogen and oxygen atoms in total. The molecule has 0 saturated carbocycles. The summed E-state index contributed by atoms with van der Waals surface area (Å²) in [4.78, 5) is 25.3. The van der Waals surface area contributed by atoms with Crippen molar-refractivity contribution in [2.45, 2.75) is 40.8 Å². The molecule has 1 amide bonds. The second-order valence-corrected chi connectivity index (χ2v) is 7.37. The number of aromatic nitrogens is 1. The summed E-state index contributed by atoms with van der Waals surface area (Å²) in [5.74, 6) is -0.468. The Labute approximate surface area is 177 Å². The number of hydrogen-bond acceptors (Lipinski definition) is 3. The summed E-state index contributed by atoms with van der Waals surface area (Å²) in [7, 11) is 0. The fourth-order valence-electron chi connectivity index (χ4n) is 3.67. The summed E-state index contributed by atoms with van der Waals surface area (Å²) in [5, 5.41) is 2.98. The Kier molecular flexibility index (Phi) is 6.72. The largest absolute Gasteiger partial charge is 0.462 e. The number of esters is 1. The Morgan fingerprint density at radius 1 is 0.967 bits per heavy atom. The molecule has 1 heterocycles. The molecule has 1 aromatic heterocycles. The van der Waals surface area contributed by atoms with Crippen LogP contribution in [0.5, 0.6) is 0 Å². The summed E-state index contributed by atoms with van der Waals surface area (Å²) in [6.07, 6.45) is 0. The lowest BCUT2D eigenvalue weighted by Gasteiger charge is -2.13. The maximum atomic E-state index is 12.8.